The standard InChI is InChI=1S/C24H24F6/c25-20-11-17(16-7-5-15(6-8-16)14-3-1-2-4-14)9-10-19(20)18-12-21(26)23(22(27)13-18)24(28,29)30/h9-16H,1-8H2. The van der Waals surface area contributed by atoms with Gasteiger partial charge in [-0.1, -0.05) is 37.8 Å². The molecule has 0 atom stereocenters. The van der Waals surface area contributed by atoms with Gasteiger partial charge in [-0.3, -0.25) is 0 Å². The molecule has 0 spiro atoms. The molecule has 0 N–H and O–H groups in total. The Morgan fingerprint density at radius 3 is 1.77 bits per heavy atom. The van der Waals surface area contributed by atoms with Crippen LogP contribution in [0.25, 0.3) is 11.1 Å². The summed E-state index contributed by atoms with van der Waals surface area (Å²) in [5.74, 6) is -2.34. The molecular weight excluding hydrogens is 402 g/mol. The number of alkyl halides is 3. The van der Waals surface area contributed by atoms with Crippen molar-refractivity contribution in [3.05, 3.63) is 58.9 Å². The zero-order chi connectivity index (χ0) is 21.5. The van der Waals surface area contributed by atoms with Crippen molar-refractivity contribution in [1.29, 1.82) is 0 Å². The maximum atomic E-state index is 14.7. The number of benzene rings is 2. The second-order valence-corrected chi connectivity index (χ2v) is 8.71. The Bertz CT molecular complexity index is 879. The molecule has 0 nitrogen and oxygen atoms in total. The van der Waals surface area contributed by atoms with E-state index in [2.05, 4.69) is 0 Å². The van der Waals surface area contributed by atoms with Crippen molar-refractivity contribution in [3.63, 3.8) is 0 Å². The molecule has 0 aliphatic heterocycles. The first-order chi connectivity index (χ1) is 14.2. The highest BCUT2D eigenvalue weighted by atomic mass is 19.4. The van der Waals surface area contributed by atoms with Gasteiger partial charge in [-0.05, 0) is 72.8 Å². The first-order valence-corrected chi connectivity index (χ1v) is 10.6. The lowest BCUT2D eigenvalue weighted by molar-refractivity contribution is -0.142. The Kier molecular flexibility index (Phi) is 5.86. The highest BCUT2D eigenvalue weighted by Gasteiger charge is 2.38. The minimum absolute atomic E-state index is 0.107. The molecular formula is C24H24F6. The van der Waals surface area contributed by atoms with E-state index in [4.69, 9.17) is 0 Å². The molecule has 0 bridgehead atoms. The van der Waals surface area contributed by atoms with Crippen LogP contribution in [0.2, 0.25) is 0 Å². The van der Waals surface area contributed by atoms with Crippen molar-refractivity contribution in [1.82, 2.24) is 0 Å². The molecule has 0 saturated heterocycles. The third-order valence-electron chi connectivity index (χ3n) is 6.94. The zero-order valence-electron chi connectivity index (χ0n) is 16.5. The van der Waals surface area contributed by atoms with Gasteiger partial charge in [0.05, 0.1) is 0 Å². The molecule has 162 valence electrons. The number of rotatable bonds is 3. The molecule has 0 amide bonds. The van der Waals surface area contributed by atoms with Crippen molar-refractivity contribution in [2.75, 3.05) is 0 Å². The van der Waals surface area contributed by atoms with E-state index in [0.717, 1.165) is 43.1 Å². The van der Waals surface area contributed by atoms with Crippen molar-refractivity contribution < 1.29 is 26.3 Å². The van der Waals surface area contributed by atoms with Crippen LogP contribution in [-0.4, -0.2) is 0 Å². The highest BCUT2D eigenvalue weighted by molar-refractivity contribution is 5.65. The summed E-state index contributed by atoms with van der Waals surface area (Å²) < 4.78 is 80.8. The summed E-state index contributed by atoms with van der Waals surface area (Å²) in [6.45, 7) is 0. The van der Waals surface area contributed by atoms with Crippen molar-refractivity contribution >= 4 is 0 Å². The van der Waals surface area contributed by atoms with E-state index >= 15 is 0 Å². The van der Waals surface area contributed by atoms with Crippen LogP contribution in [-0.2, 0) is 6.18 Å². The van der Waals surface area contributed by atoms with Gasteiger partial charge < -0.3 is 0 Å². The molecule has 2 saturated carbocycles. The minimum atomic E-state index is -5.15. The van der Waals surface area contributed by atoms with Crippen LogP contribution < -0.4 is 0 Å². The summed E-state index contributed by atoms with van der Waals surface area (Å²) in [7, 11) is 0. The molecule has 30 heavy (non-hydrogen) atoms. The van der Waals surface area contributed by atoms with Crippen LogP contribution in [0.4, 0.5) is 26.3 Å². The third kappa shape index (κ3) is 4.23. The lowest BCUT2D eigenvalue weighted by atomic mass is 9.73. The Hall–Kier alpha value is -1.98. The van der Waals surface area contributed by atoms with E-state index in [1.807, 2.05) is 0 Å². The molecule has 0 radical (unpaired) electrons. The van der Waals surface area contributed by atoms with E-state index in [1.54, 1.807) is 6.07 Å². The molecule has 4 rings (SSSR count). The van der Waals surface area contributed by atoms with Crippen molar-refractivity contribution in [2.24, 2.45) is 11.8 Å². The van der Waals surface area contributed by atoms with Crippen LogP contribution in [0.5, 0.6) is 0 Å². The average molecular weight is 426 g/mol. The zero-order valence-corrected chi connectivity index (χ0v) is 16.5. The predicted octanol–water partition coefficient (Wildman–Crippen LogP) is 8.25. The van der Waals surface area contributed by atoms with Gasteiger partial charge in [0, 0.05) is 5.56 Å². The second-order valence-electron chi connectivity index (χ2n) is 8.71. The summed E-state index contributed by atoms with van der Waals surface area (Å²) in [4.78, 5) is 0. The van der Waals surface area contributed by atoms with Gasteiger partial charge in [0.1, 0.15) is 23.0 Å². The lowest BCUT2D eigenvalue weighted by Gasteiger charge is -2.32. The fraction of sp³-hybridized carbons (Fsp3) is 0.500. The number of halogens is 6. The summed E-state index contributed by atoms with van der Waals surface area (Å²) in [5, 5.41) is 0. The molecule has 2 fully saturated rings. The maximum Gasteiger partial charge on any atom is 0.422 e. The van der Waals surface area contributed by atoms with Crippen LogP contribution in [0.1, 0.15) is 68.4 Å². The smallest absolute Gasteiger partial charge is 0.206 e. The van der Waals surface area contributed by atoms with Gasteiger partial charge in [-0.25, -0.2) is 13.2 Å². The first-order valence-electron chi connectivity index (χ1n) is 10.6. The van der Waals surface area contributed by atoms with Crippen LogP contribution in [0, 0.1) is 29.3 Å². The summed E-state index contributed by atoms with van der Waals surface area (Å²) in [6.07, 6.45) is 4.38. The van der Waals surface area contributed by atoms with E-state index in [1.165, 1.54) is 37.8 Å². The number of hydrogen-bond donors (Lipinski definition) is 0. The Labute approximate surface area is 172 Å². The molecule has 2 aromatic carbocycles. The molecule has 2 aromatic rings. The molecule has 0 unspecified atom stereocenters. The third-order valence-corrected chi connectivity index (χ3v) is 6.94. The van der Waals surface area contributed by atoms with E-state index in [9.17, 15) is 26.3 Å². The summed E-state index contributed by atoms with van der Waals surface area (Å²) >= 11 is 0. The highest BCUT2D eigenvalue weighted by Crippen LogP contribution is 2.44. The Morgan fingerprint density at radius 1 is 0.667 bits per heavy atom. The van der Waals surface area contributed by atoms with Crippen LogP contribution >= 0.6 is 0 Å². The quantitative estimate of drug-likeness (QED) is 0.434. The summed E-state index contributed by atoms with van der Waals surface area (Å²) in [5.41, 5.74) is -1.46. The predicted molar refractivity (Wildman–Crippen MR) is 103 cm³/mol. The molecule has 6 heteroatoms. The van der Waals surface area contributed by atoms with E-state index in [0.29, 0.717) is 12.1 Å². The van der Waals surface area contributed by atoms with E-state index in [-0.39, 0.29) is 17.0 Å². The normalized spacial score (nSPS) is 23.1. The van der Waals surface area contributed by atoms with Gasteiger partial charge >= 0.3 is 6.18 Å². The summed E-state index contributed by atoms with van der Waals surface area (Å²) in [6, 6.07) is 5.58. The minimum Gasteiger partial charge on any atom is -0.206 e. The topological polar surface area (TPSA) is 0 Å². The van der Waals surface area contributed by atoms with Crippen LogP contribution in [0.3, 0.4) is 0 Å². The van der Waals surface area contributed by atoms with Gasteiger partial charge in [-0.2, -0.15) is 13.2 Å². The van der Waals surface area contributed by atoms with Crippen molar-refractivity contribution in [3.8, 4) is 11.1 Å². The monoisotopic (exact) mass is 426 g/mol. The fourth-order valence-corrected chi connectivity index (χ4v) is 5.37. The second kappa shape index (κ2) is 8.27. The largest absolute Gasteiger partial charge is 0.422 e. The number of hydrogen-bond acceptors (Lipinski definition) is 0. The molecule has 2 aliphatic rings. The molecule has 0 heterocycles. The fourth-order valence-electron chi connectivity index (χ4n) is 5.37. The maximum absolute atomic E-state index is 14.7. The lowest BCUT2D eigenvalue weighted by Crippen LogP contribution is -2.19. The van der Waals surface area contributed by atoms with Gasteiger partial charge in [0.25, 0.3) is 0 Å². The average Bonchev–Trinajstić information content (AvgIpc) is 3.21. The van der Waals surface area contributed by atoms with E-state index < -0.39 is 29.2 Å². The van der Waals surface area contributed by atoms with Gasteiger partial charge in [-0.15, -0.1) is 0 Å². The molecule has 0 aromatic heterocycles. The molecule has 2 aliphatic carbocycles. The van der Waals surface area contributed by atoms with Crippen LogP contribution in [0.15, 0.2) is 30.3 Å². The first kappa shape index (κ1) is 21.3. The SMILES string of the molecule is Fc1cc(C2CCC(C3CCCC3)CC2)ccc1-c1cc(F)c(C(F)(F)F)c(F)c1. The Balaban J connectivity index is 1.51. The Morgan fingerprint density at radius 2 is 1.23 bits per heavy atom. The van der Waals surface area contributed by atoms with Crippen molar-refractivity contribution in [2.45, 2.75) is 63.5 Å². The van der Waals surface area contributed by atoms with Gasteiger partial charge in [0.2, 0.25) is 0 Å². The van der Waals surface area contributed by atoms with Gasteiger partial charge in [0.15, 0.2) is 0 Å².